The molecule has 0 aliphatic carbocycles. The van der Waals surface area contributed by atoms with Crippen molar-refractivity contribution in [3.05, 3.63) is 12.2 Å². The molecule has 0 radical (unpaired) electrons. The van der Waals surface area contributed by atoms with Crippen LogP contribution in [0.5, 0.6) is 0 Å². The van der Waals surface area contributed by atoms with Crippen LogP contribution in [0.2, 0.25) is 0 Å². The van der Waals surface area contributed by atoms with Crippen LogP contribution < -0.4 is 0 Å². The van der Waals surface area contributed by atoms with Gasteiger partial charge in [0.25, 0.3) is 0 Å². The number of rotatable bonds is 10. The molecule has 0 rings (SSSR count). The zero-order chi connectivity index (χ0) is 12.3. The zero-order valence-electron chi connectivity index (χ0n) is 11.4. The van der Waals surface area contributed by atoms with Crippen LogP contribution in [-0.2, 0) is 9.47 Å². The van der Waals surface area contributed by atoms with Gasteiger partial charge in [-0.25, -0.2) is 0 Å². The Morgan fingerprint density at radius 2 is 1.62 bits per heavy atom. The maximum atomic E-state index is 5.86. The van der Waals surface area contributed by atoms with Gasteiger partial charge in [-0.3, -0.25) is 0 Å². The van der Waals surface area contributed by atoms with Gasteiger partial charge in [-0.15, -0.1) is 0 Å². The second-order valence-electron chi connectivity index (χ2n) is 3.99. The van der Waals surface area contributed by atoms with Crippen LogP contribution in [0.15, 0.2) is 12.2 Å². The number of unbranched alkanes of at least 4 members (excludes halogenated alkanes) is 1. The van der Waals surface area contributed by atoms with E-state index >= 15 is 0 Å². The van der Waals surface area contributed by atoms with Crippen LogP contribution in [0.1, 0.15) is 59.8 Å². The van der Waals surface area contributed by atoms with Crippen molar-refractivity contribution in [1.29, 1.82) is 0 Å². The minimum Gasteiger partial charge on any atom is -0.350 e. The second kappa shape index (κ2) is 9.86. The van der Waals surface area contributed by atoms with Gasteiger partial charge in [0.2, 0.25) is 0 Å². The molecule has 0 saturated heterocycles. The molecule has 0 bridgehead atoms. The lowest BCUT2D eigenvalue weighted by molar-refractivity contribution is -0.240. The molecule has 0 aromatic rings. The van der Waals surface area contributed by atoms with Gasteiger partial charge in [-0.05, 0) is 33.6 Å². The maximum Gasteiger partial charge on any atom is 0.168 e. The van der Waals surface area contributed by atoms with Gasteiger partial charge < -0.3 is 9.47 Å². The van der Waals surface area contributed by atoms with Gasteiger partial charge in [0, 0.05) is 26.1 Å². The van der Waals surface area contributed by atoms with Crippen molar-refractivity contribution in [3.63, 3.8) is 0 Å². The van der Waals surface area contributed by atoms with Crippen molar-refractivity contribution in [2.24, 2.45) is 0 Å². The molecule has 2 nitrogen and oxygen atoms in total. The smallest absolute Gasteiger partial charge is 0.168 e. The summed E-state index contributed by atoms with van der Waals surface area (Å²) < 4.78 is 11.7. The Balaban J connectivity index is 4.36. The quantitative estimate of drug-likeness (QED) is 0.410. The lowest BCUT2D eigenvalue weighted by Crippen LogP contribution is -2.36. The van der Waals surface area contributed by atoms with E-state index in [0.29, 0.717) is 0 Å². The van der Waals surface area contributed by atoms with Gasteiger partial charge in [-0.1, -0.05) is 25.5 Å². The van der Waals surface area contributed by atoms with E-state index in [0.717, 1.165) is 38.9 Å². The molecule has 16 heavy (non-hydrogen) atoms. The van der Waals surface area contributed by atoms with Crippen molar-refractivity contribution in [2.75, 3.05) is 13.2 Å². The molecule has 0 heterocycles. The summed E-state index contributed by atoms with van der Waals surface area (Å²) in [6.07, 6.45) is 9.60. The highest BCUT2D eigenvalue weighted by molar-refractivity contribution is 4.81. The Morgan fingerprint density at radius 1 is 1.00 bits per heavy atom. The third kappa shape index (κ3) is 6.29. The van der Waals surface area contributed by atoms with E-state index in [9.17, 15) is 0 Å². The molecule has 0 saturated carbocycles. The summed E-state index contributed by atoms with van der Waals surface area (Å²) in [6.45, 7) is 9.77. The zero-order valence-corrected chi connectivity index (χ0v) is 11.4. The normalized spacial score (nSPS) is 12.5. The Bertz CT molecular complexity index is 170. The summed E-state index contributed by atoms with van der Waals surface area (Å²) in [5.74, 6) is -0.348. The Labute approximate surface area is 101 Å². The average molecular weight is 228 g/mol. The summed E-state index contributed by atoms with van der Waals surface area (Å²) in [4.78, 5) is 0. The van der Waals surface area contributed by atoms with E-state index < -0.39 is 0 Å². The number of hydrogen-bond acceptors (Lipinski definition) is 2. The lowest BCUT2D eigenvalue weighted by atomic mass is 10.0. The SMILES string of the molecule is C/C=C/CCC(CCCC)(OCC)OCC. The molecule has 0 aromatic carbocycles. The molecule has 0 N–H and O–H groups in total. The highest BCUT2D eigenvalue weighted by atomic mass is 16.7. The Morgan fingerprint density at radius 3 is 2.06 bits per heavy atom. The fourth-order valence-corrected chi connectivity index (χ4v) is 1.90. The molecular weight excluding hydrogens is 200 g/mol. The topological polar surface area (TPSA) is 18.5 Å². The summed E-state index contributed by atoms with van der Waals surface area (Å²) >= 11 is 0. The monoisotopic (exact) mass is 228 g/mol. The van der Waals surface area contributed by atoms with Crippen molar-refractivity contribution < 1.29 is 9.47 Å². The molecule has 0 atom stereocenters. The standard InChI is InChI=1S/C14H28O2/c1-5-9-11-13-14(15-7-3,16-8-4)12-10-6-2/h5,9H,6-8,10-13H2,1-4H3/b9-5+. The summed E-state index contributed by atoms with van der Waals surface area (Å²) in [6, 6.07) is 0. The van der Waals surface area contributed by atoms with Gasteiger partial charge in [0.05, 0.1) is 0 Å². The van der Waals surface area contributed by atoms with Crippen LogP contribution in [-0.4, -0.2) is 19.0 Å². The van der Waals surface area contributed by atoms with E-state index in [2.05, 4.69) is 26.0 Å². The first-order valence-corrected chi connectivity index (χ1v) is 6.63. The number of hydrogen-bond donors (Lipinski definition) is 0. The molecule has 0 amide bonds. The van der Waals surface area contributed by atoms with E-state index in [1.165, 1.54) is 6.42 Å². The number of ether oxygens (including phenoxy) is 2. The predicted molar refractivity (Wildman–Crippen MR) is 69.6 cm³/mol. The van der Waals surface area contributed by atoms with Crippen molar-refractivity contribution in [1.82, 2.24) is 0 Å². The fraction of sp³-hybridized carbons (Fsp3) is 0.857. The summed E-state index contributed by atoms with van der Waals surface area (Å²) in [5.41, 5.74) is 0. The van der Waals surface area contributed by atoms with Gasteiger partial charge >= 0.3 is 0 Å². The molecule has 0 unspecified atom stereocenters. The number of allylic oxidation sites excluding steroid dienone is 2. The van der Waals surface area contributed by atoms with Crippen molar-refractivity contribution in [2.45, 2.75) is 65.6 Å². The van der Waals surface area contributed by atoms with Crippen LogP contribution in [0.4, 0.5) is 0 Å². The van der Waals surface area contributed by atoms with Crippen LogP contribution >= 0.6 is 0 Å². The molecule has 0 aliphatic heterocycles. The van der Waals surface area contributed by atoms with Crippen LogP contribution in [0.25, 0.3) is 0 Å². The van der Waals surface area contributed by atoms with E-state index in [4.69, 9.17) is 9.47 Å². The minimum atomic E-state index is -0.348. The first-order valence-electron chi connectivity index (χ1n) is 6.63. The van der Waals surface area contributed by atoms with Crippen LogP contribution in [0, 0.1) is 0 Å². The van der Waals surface area contributed by atoms with Gasteiger partial charge in [0.1, 0.15) is 0 Å². The Hall–Kier alpha value is -0.340. The fourth-order valence-electron chi connectivity index (χ4n) is 1.90. The minimum absolute atomic E-state index is 0.348. The molecule has 0 aliphatic rings. The molecular formula is C14H28O2. The largest absolute Gasteiger partial charge is 0.350 e. The maximum absolute atomic E-state index is 5.86. The van der Waals surface area contributed by atoms with Crippen LogP contribution in [0.3, 0.4) is 0 Å². The highest BCUT2D eigenvalue weighted by Gasteiger charge is 2.29. The highest BCUT2D eigenvalue weighted by Crippen LogP contribution is 2.27. The summed E-state index contributed by atoms with van der Waals surface area (Å²) in [7, 11) is 0. The molecule has 0 fully saturated rings. The van der Waals surface area contributed by atoms with Gasteiger partial charge in [0.15, 0.2) is 5.79 Å². The van der Waals surface area contributed by atoms with Crippen molar-refractivity contribution in [3.8, 4) is 0 Å². The Kier molecular flexibility index (Phi) is 9.65. The first kappa shape index (κ1) is 15.7. The second-order valence-corrected chi connectivity index (χ2v) is 3.99. The van der Waals surface area contributed by atoms with E-state index in [-0.39, 0.29) is 5.79 Å². The summed E-state index contributed by atoms with van der Waals surface area (Å²) in [5, 5.41) is 0. The molecule has 0 spiro atoms. The van der Waals surface area contributed by atoms with Crippen molar-refractivity contribution >= 4 is 0 Å². The molecule has 0 aromatic heterocycles. The van der Waals surface area contributed by atoms with E-state index in [1.54, 1.807) is 0 Å². The van der Waals surface area contributed by atoms with Gasteiger partial charge in [-0.2, -0.15) is 0 Å². The molecule has 96 valence electrons. The first-order chi connectivity index (χ1) is 7.74. The molecule has 2 heteroatoms. The predicted octanol–water partition coefficient (Wildman–Crippen LogP) is 4.30. The third-order valence-electron chi connectivity index (χ3n) is 2.65. The lowest BCUT2D eigenvalue weighted by Gasteiger charge is -2.33. The van der Waals surface area contributed by atoms with E-state index in [1.807, 2.05) is 13.8 Å². The average Bonchev–Trinajstić information content (AvgIpc) is 2.27. The third-order valence-corrected chi connectivity index (χ3v) is 2.65.